The van der Waals surface area contributed by atoms with Gasteiger partial charge in [-0.1, -0.05) is 12.1 Å². The van der Waals surface area contributed by atoms with E-state index >= 15 is 0 Å². The van der Waals surface area contributed by atoms with Crippen LogP contribution < -0.4 is 4.74 Å². The van der Waals surface area contributed by atoms with Gasteiger partial charge >= 0.3 is 0 Å². The Morgan fingerprint density at radius 2 is 1.73 bits per heavy atom. The lowest BCUT2D eigenvalue weighted by molar-refractivity contribution is -0.134. The SMILES string of the molecule is COc1ccc(CCC(=O)N2CC(S(=O)(=O)c3ccc(F)cc3)C2)cc1. The molecule has 0 radical (unpaired) electrons. The largest absolute Gasteiger partial charge is 0.497 e. The number of benzene rings is 2. The fourth-order valence-electron chi connectivity index (χ4n) is 2.86. The molecule has 138 valence electrons. The topological polar surface area (TPSA) is 63.7 Å². The van der Waals surface area contributed by atoms with Crippen LogP contribution in [-0.2, 0) is 21.1 Å². The lowest BCUT2D eigenvalue weighted by atomic mass is 10.1. The second kappa shape index (κ2) is 7.45. The van der Waals surface area contributed by atoms with Crippen LogP contribution in [-0.4, -0.2) is 44.7 Å². The Morgan fingerprint density at radius 1 is 1.12 bits per heavy atom. The number of carbonyl (C=O) groups is 1. The van der Waals surface area contributed by atoms with Crippen LogP contribution in [0.1, 0.15) is 12.0 Å². The standard InChI is InChI=1S/C19H20FNO4S/c1-25-16-7-2-14(3-8-16)4-11-19(22)21-12-18(13-21)26(23,24)17-9-5-15(20)6-10-17/h2-3,5-10,18H,4,11-13H2,1H3. The summed E-state index contributed by atoms with van der Waals surface area (Å²) in [4.78, 5) is 13.9. The van der Waals surface area contributed by atoms with E-state index in [0.717, 1.165) is 23.4 Å². The van der Waals surface area contributed by atoms with Gasteiger partial charge in [0.25, 0.3) is 0 Å². The summed E-state index contributed by atoms with van der Waals surface area (Å²) in [5, 5.41) is -0.627. The summed E-state index contributed by atoms with van der Waals surface area (Å²) in [5.41, 5.74) is 1.02. The highest BCUT2D eigenvalue weighted by Crippen LogP contribution is 2.25. The number of aryl methyl sites for hydroxylation is 1. The average Bonchev–Trinajstić information content (AvgIpc) is 2.59. The first-order valence-corrected chi connectivity index (χ1v) is 9.85. The molecule has 1 saturated heterocycles. The number of nitrogens with zero attached hydrogens (tertiary/aromatic N) is 1. The van der Waals surface area contributed by atoms with Gasteiger partial charge in [-0.05, 0) is 48.4 Å². The number of likely N-dealkylation sites (tertiary alicyclic amines) is 1. The Morgan fingerprint density at radius 3 is 2.31 bits per heavy atom. The summed E-state index contributed by atoms with van der Waals surface area (Å²) >= 11 is 0. The van der Waals surface area contributed by atoms with E-state index in [1.807, 2.05) is 24.3 Å². The Labute approximate surface area is 152 Å². The molecule has 1 amide bonds. The van der Waals surface area contributed by atoms with Crippen molar-refractivity contribution in [2.24, 2.45) is 0 Å². The van der Waals surface area contributed by atoms with Crippen LogP contribution in [0.15, 0.2) is 53.4 Å². The number of ether oxygens (including phenoxy) is 1. The summed E-state index contributed by atoms with van der Waals surface area (Å²) in [7, 11) is -1.94. The van der Waals surface area contributed by atoms with Gasteiger partial charge in [-0.2, -0.15) is 0 Å². The maximum absolute atomic E-state index is 13.0. The predicted octanol–water partition coefficient (Wildman–Crippen LogP) is 2.45. The van der Waals surface area contributed by atoms with Crippen molar-refractivity contribution in [2.45, 2.75) is 23.0 Å². The quantitative estimate of drug-likeness (QED) is 0.726. The second-order valence-electron chi connectivity index (χ2n) is 6.27. The lowest BCUT2D eigenvalue weighted by Gasteiger charge is -2.38. The first-order valence-electron chi connectivity index (χ1n) is 8.30. The van der Waals surface area contributed by atoms with E-state index in [4.69, 9.17) is 4.74 Å². The zero-order valence-corrected chi connectivity index (χ0v) is 15.2. The van der Waals surface area contributed by atoms with Gasteiger partial charge in [0.15, 0.2) is 9.84 Å². The number of hydrogen-bond donors (Lipinski definition) is 0. The summed E-state index contributed by atoms with van der Waals surface area (Å²) in [6, 6.07) is 12.3. The molecule has 0 atom stereocenters. The van der Waals surface area contributed by atoms with Gasteiger partial charge in [0.05, 0.1) is 12.0 Å². The highest BCUT2D eigenvalue weighted by Gasteiger charge is 2.40. The molecule has 0 aliphatic carbocycles. The third-order valence-corrected chi connectivity index (χ3v) is 6.67. The van der Waals surface area contributed by atoms with Gasteiger partial charge in [0.2, 0.25) is 5.91 Å². The molecule has 2 aromatic carbocycles. The highest BCUT2D eigenvalue weighted by atomic mass is 32.2. The number of carbonyl (C=O) groups excluding carboxylic acids is 1. The molecule has 1 heterocycles. The molecule has 0 spiro atoms. The molecule has 0 saturated carbocycles. The maximum atomic E-state index is 13.0. The minimum atomic E-state index is -3.53. The molecule has 1 aliphatic heterocycles. The molecule has 1 aliphatic rings. The number of rotatable bonds is 6. The molecule has 0 unspecified atom stereocenters. The smallest absolute Gasteiger partial charge is 0.222 e. The molecule has 7 heteroatoms. The number of amides is 1. The number of hydrogen-bond acceptors (Lipinski definition) is 4. The van der Waals surface area contributed by atoms with Crippen LogP contribution in [0.25, 0.3) is 0 Å². The van der Waals surface area contributed by atoms with Crippen molar-refractivity contribution in [1.82, 2.24) is 4.90 Å². The molecule has 0 bridgehead atoms. The van der Waals surface area contributed by atoms with E-state index in [0.29, 0.717) is 12.8 Å². The van der Waals surface area contributed by atoms with Gasteiger partial charge in [-0.3, -0.25) is 4.79 Å². The predicted molar refractivity (Wildman–Crippen MR) is 95.3 cm³/mol. The van der Waals surface area contributed by atoms with Crippen molar-refractivity contribution in [3.8, 4) is 5.75 Å². The van der Waals surface area contributed by atoms with Crippen molar-refractivity contribution < 1.29 is 22.3 Å². The van der Waals surface area contributed by atoms with E-state index in [-0.39, 0.29) is 23.9 Å². The number of halogens is 1. The summed E-state index contributed by atoms with van der Waals surface area (Å²) in [6.07, 6.45) is 0.921. The van der Waals surface area contributed by atoms with E-state index in [9.17, 15) is 17.6 Å². The van der Waals surface area contributed by atoms with E-state index in [2.05, 4.69) is 0 Å². The van der Waals surface area contributed by atoms with Crippen LogP contribution in [0.2, 0.25) is 0 Å². The van der Waals surface area contributed by atoms with Crippen molar-refractivity contribution in [3.63, 3.8) is 0 Å². The van der Waals surface area contributed by atoms with E-state index in [1.54, 1.807) is 12.0 Å². The van der Waals surface area contributed by atoms with Gasteiger partial charge < -0.3 is 9.64 Å². The summed E-state index contributed by atoms with van der Waals surface area (Å²) < 4.78 is 43.0. The molecule has 0 N–H and O–H groups in total. The molecule has 1 fully saturated rings. The third-order valence-electron chi connectivity index (χ3n) is 4.57. The Kier molecular flexibility index (Phi) is 5.27. The minimum absolute atomic E-state index is 0.0635. The number of methoxy groups -OCH3 is 1. The van der Waals surface area contributed by atoms with Gasteiger partial charge in [0.1, 0.15) is 16.8 Å². The second-order valence-corrected chi connectivity index (χ2v) is 8.50. The molecule has 0 aromatic heterocycles. The average molecular weight is 377 g/mol. The van der Waals surface area contributed by atoms with E-state index < -0.39 is 20.9 Å². The Balaban J connectivity index is 1.52. The fourth-order valence-corrected chi connectivity index (χ4v) is 4.51. The molecular weight excluding hydrogens is 357 g/mol. The van der Waals surface area contributed by atoms with Gasteiger partial charge in [-0.25, -0.2) is 12.8 Å². The van der Waals surface area contributed by atoms with Crippen LogP contribution >= 0.6 is 0 Å². The molecule has 5 nitrogen and oxygen atoms in total. The van der Waals surface area contributed by atoms with Crippen molar-refractivity contribution >= 4 is 15.7 Å². The molecule has 3 rings (SSSR count). The van der Waals surface area contributed by atoms with Crippen LogP contribution in [0, 0.1) is 5.82 Å². The normalized spacial score (nSPS) is 14.8. The zero-order valence-electron chi connectivity index (χ0n) is 14.4. The highest BCUT2D eigenvalue weighted by molar-refractivity contribution is 7.92. The molecular formula is C19H20FNO4S. The maximum Gasteiger partial charge on any atom is 0.222 e. The first-order chi connectivity index (χ1) is 12.4. The van der Waals surface area contributed by atoms with Crippen molar-refractivity contribution in [1.29, 1.82) is 0 Å². The van der Waals surface area contributed by atoms with Crippen LogP contribution in [0.3, 0.4) is 0 Å². The monoisotopic (exact) mass is 377 g/mol. The van der Waals surface area contributed by atoms with Crippen molar-refractivity contribution in [2.75, 3.05) is 20.2 Å². The number of sulfone groups is 1. The first kappa shape index (κ1) is 18.4. The Hall–Kier alpha value is -2.41. The minimum Gasteiger partial charge on any atom is -0.497 e. The summed E-state index contributed by atoms with van der Waals surface area (Å²) in [6.45, 7) is 0.363. The summed E-state index contributed by atoms with van der Waals surface area (Å²) in [5.74, 6) is 0.218. The fraction of sp³-hybridized carbons (Fsp3) is 0.316. The molecule has 2 aromatic rings. The van der Waals surface area contributed by atoms with Gasteiger partial charge in [0, 0.05) is 19.5 Å². The van der Waals surface area contributed by atoms with Gasteiger partial charge in [-0.15, -0.1) is 0 Å². The Bertz CT molecular complexity index is 873. The van der Waals surface area contributed by atoms with Crippen LogP contribution in [0.4, 0.5) is 4.39 Å². The van der Waals surface area contributed by atoms with Crippen LogP contribution in [0.5, 0.6) is 5.75 Å². The third kappa shape index (κ3) is 3.88. The lowest BCUT2D eigenvalue weighted by Crippen LogP contribution is -2.56. The molecule has 26 heavy (non-hydrogen) atoms. The zero-order chi connectivity index (χ0) is 18.7. The van der Waals surface area contributed by atoms with Crippen molar-refractivity contribution in [3.05, 3.63) is 59.9 Å². The van der Waals surface area contributed by atoms with E-state index in [1.165, 1.54) is 12.1 Å².